The summed E-state index contributed by atoms with van der Waals surface area (Å²) in [6.07, 6.45) is 1.65. The highest BCUT2D eigenvalue weighted by Gasteiger charge is 2.41. The summed E-state index contributed by atoms with van der Waals surface area (Å²) in [6.45, 7) is 1.47. The Balaban J connectivity index is 2.24. The first-order valence-corrected chi connectivity index (χ1v) is 7.12. The van der Waals surface area contributed by atoms with Crippen LogP contribution >= 0.6 is 23.1 Å². The fraction of sp³-hybridized carbons (Fsp3) is 0.250. The van der Waals surface area contributed by atoms with Gasteiger partial charge < -0.3 is 4.74 Å². The third-order valence-corrected chi connectivity index (χ3v) is 4.27. The highest BCUT2D eigenvalue weighted by molar-refractivity contribution is 8.18. The van der Waals surface area contributed by atoms with Crippen LogP contribution in [0.15, 0.2) is 22.4 Å². The minimum Gasteiger partial charge on any atom is -0.467 e. The van der Waals surface area contributed by atoms with Crippen molar-refractivity contribution in [1.82, 2.24) is 4.90 Å². The number of carbonyl (C=O) groups is 3. The number of ether oxygens (including phenoxy) is 1. The van der Waals surface area contributed by atoms with E-state index in [-0.39, 0.29) is 0 Å². The molecular weight excluding hydrogens is 286 g/mol. The van der Waals surface area contributed by atoms with Crippen molar-refractivity contribution < 1.29 is 19.1 Å². The second kappa shape index (κ2) is 5.58. The van der Waals surface area contributed by atoms with E-state index in [2.05, 4.69) is 4.74 Å². The van der Waals surface area contributed by atoms with E-state index >= 15 is 0 Å². The van der Waals surface area contributed by atoms with Gasteiger partial charge in [-0.25, -0.2) is 4.79 Å². The van der Waals surface area contributed by atoms with Crippen molar-refractivity contribution in [1.29, 1.82) is 0 Å². The minimum absolute atomic E-state index is 0.322. The van der Waals surface area contributed by atoms with Gasteiger partial charge in [0, 0.05) is 4.88 Å². The average molecular weight is 297 g/mol. The van der Waals surface area contributed by atoms with Gasteiger partial charge in [0.25, 0.3) is 11.1 Å². The zero-order chi connectivity index (χ0) is 14.0. The Labute approximate surface area is 118 Å². The Morgan fingerprint density at radius 3 is 2.79 bits per heavy atom. The van der Waals surface area contributed by atoms with E-state index in [1.54, 1.807) is 6.08 Å². The average Bonchev–Trinajstić information content (AvgIpc) is 2.98. The molecule has 0 N–H and O–H groups in total. The van der Waals surface area contributed by atoms with E-state index in [0.717, 1.165) is 21.5 Å². The Morgan fingerprint density at radius 1 is 1.47 bits per heavy atom. The van der Waals surface area contributed by atoms with Gasteiger partial charge in [-0.2, -0.15) is 0 Å². The molecule has 1 saturated heterocycles. The molecule has 2 amide bonds. The van der Waals surface area contributed by atoms with Crippen LogP contribution in [0, 0.1) is 0 Å². The van der Waals surface area contributed by atoms with Gasteiger partial charge in [0.1, 0.15) is 6.04 Å². The molecule has 0 bridgehead atoms. The predicted molar refractivity (Wildman–Crippen MR) is 73.6 cm³/mol. The van der Waals surface area contributed by atoms with Crippen LogP contribution in [0.25, 0.3) is 6.08 Å². The van der Waals surface area contributed by atoms with Crippen molar-refractivity contribution in [3.63, 3.8) is 0 Å². The number of rotatable bonds is 3. The molecule has 1 fully saturated rings. The van der Waals surface area contributed by atoms with E-state index < -0.39 is 23.2 Å². The summed E-state index contributed by atoms with van der Waals surface area (Å²) in [6, 6.07) is 2.80. The van der Waals surface area contributed by atoms with Crippen LogP contribution in [0.5, 0.6) is 0 Å². The topological polar surface area (TPSA) is 63.7 Å². The Kier molecular flexibility index (Phi) is 4.06. The summed E-state index contributed by atoms with van der Waals surface area (Å²) in [5, 5.41) is 1.43. The number of carbonyl (C=O) groups excluding carboxylic acids is 3. The number of methoxy groups -OCH3 is 1. The first-order chi connectivity index (χ1) is 9.04. The van der Waals surface area contributed by atoms with Gasteiger partial charge in [0.15, 0.2) is 0 Å². The summed E-state index contributed by atoms with van der Waals surface area (Å²) >= 11 is 2.30. The Hall–Kier alpha value is -1.60. The molecule has 7 heteroatoms. The van der Waals surface area contributed by atoms with Crippen molar-refractivity contribution in [2.45, 2.75) is 13.0 Å². The predicted octanol–water partition coefficient (Wildman–Crippen LogP) is 2.35. The van der Waals surface area contributed by atoms with E-state index in [0.29, 0.717) is 4.91 Å². The number of amides is 2. The van der Waals surface area contributed by atoms with Crippen LogP contribution in [0.3, 0.4) is 0 Å². The lowest BCUT2D eigenvalue weighted by Gasteiger charge is -2.18. The van der Waals surface area contributed by atoms with Crippen molar-refractivity contribution in [2.24, 2.45) is 0 Å². The lowest BCUT2D eigenvalue weighted by molar-refractivity contribution is -0.148. The summed E-state index contributed by atoms with van der Waals surface area (Å²) in [5.41, 5.74) is 0. The fourth-order valence-corrected chi connectivity index (χ4v) is 3.22. The molecule has 1 aliphatic rings. The molecule has 19 heavy (non-hydrogen) atoms. The first-order valence-electron chi connectivity index (χ1n) is 5.43. The second-order valence-corrected chi connectivity index (χ2v) is 5.74. The van der Waals surface area contributed by atoms with Gasteiger partial charge in [0.2, 0.25) is 0 Å². The quantitative estimate of drug-likeness (QED) is 0.633. The number of thiophene rings is 1. The molecule has 1 aromatic heterocycles. The number of thioether (sulfide) groups is 1. The van der Waals surface area contributed by atoms with Crippen molar-refractivity contribution in [3.8, 4) is 0 Å². The molecule has 0 aliphatic carbocycles. The highest BCUT2D eigenvalue weighted by Crippen LogP contribution is 2.34. The molecule has 5 nitrogen and oxygen atoms in total. The largest absolute Gasteiger partial charge is 0.467 e. The lowest BCUT2D eigenvalue weighted by atomic mass is 10.3. The molecule has 1 aromatic rings. The van der Waals surface area contributed by atoms with Crippen LogP contribution in [0.4, 0.5) is 4.79 Å². The van der Waals surface area contributed by atoms with Crippen molar-refractivity contribution in [2.75, 3.05) is 7.11 Å². The minimum atomic E-state index is -0.910. The lowest BCUT2D eigenvalue weighted by Crippen LogP contribution is -2.42. The smallest absolute Gasteiger partial charge is 0.328 e. The van der Waals surface area contributed by atoms with Crippen molar-refractivity contribution >= 4 is 46.3 Å². The third-order valence-electron chi connectivity index (χ3n) is 2.57. The van der Waals surface area contributed by atoms with Gasteiger partial charge in [-0.15, -0.1) is 11.3 Å². The monoisotopic (exact) mass is 297 g/mol. The van der Waals surface area contributed by atoms with Gasteiger partial charge in [-0.3, -0.25) is 14.5 Å². The Bertz CT molecular complexity index is 550. The van der Waals surface area contributed by atoms with Gasteiger partial charge >= 0.3 is 5.97 Å². The van der Waals surface area contributed by atoms with E-state index in [1.807, 2.05) is 17.5 Å². The second-order valence-electron chi connectivity index (χ2n) is 3.77. The van der Waals surface area contributed by atoms with Crippen LogP contribution in [-0.2, 0) is 14.3 Å². The van der Waals surface area contributed by atoms with E-state index in [4.69, 9.17) is 0 Å². The van der Waals surface area contributed by atoms with Crippen molar-refractivity contribution in [3.05, 3.63) is 27.3 Å². The van der Waals surface area contributed by atoms with Crippen LogP contribution < -0.4 is 0 Å². The normalized spacial score (nSPS) is 19.1. The molecule has 2 rings (SSSR count). The molecular formula is C12H11NO4S2. The third kappa shape index (κ3) is 2.71. The molecule has 100 valence electrons. The number of nitrogens with zero attached hydrogens (tertiary/aromatic N) is 1. The van der Waals surface area contributed by atoms with Gasteiger partial charge in [-0.1, -0.05) is 6.07 Å². The first kappa shape index (κ1) is 13.8. The van der Waals surface area contributed by atoms with Crippen LogP contribution in [-0.4, -0.2) is 35.2 Å². The highest BCUT2D eigenvalue weighted by atomic mass is 32.2. The maximum Gasteiger partial charge on any atom is 0.328 e. The summed E-state index contributed by atoms with van der Waals surface area (Å²) in [4.78, 5) is 37.5. The summed E-state index contributed by atoms with van der Waals surface area (Å²) in [5.74, 6) is -1.07. The zero-order valence-electron chi connectivity index (χ0n) is 10.3. The summed E-state index contributed by atoms with van der Waals surface area (Å²) < 4.78 is 4.55. The van der Waals surface area contributed by atoms with E-state index in [9.17, 15) is 14.4 Å². The summed E-state index contributed by atoms with van der Waals surface area (Å²) in [7, 11) is 1.22. The molecule has 1 atom stereocenters. The fourth-order valence-electron chi connectivity index (χ4n) is 1.59. The number of hydrogen-bond acceptors (Lipinski definition) is 6. The molecule has 0 aromatic carbocycles. The molecule has 1 aliphatic heterocycles. The number of esters is 1. The zero-order valence-corrected chi connectivity index (χ0v) is 11.9. The standard InChI is InChI=1S/C12H11NO4S2/c1-7(11(15)17-2)13-10(14)9(19-12(13)16)6-8-4-3-5-18-8/h3-7H,1-2H3/b9-6+. The number of hydrogen-bond donors (Lipinski definition) is 0. The maximum absolute atomic E-state index is 12.1. The van der Waals surface area contributed by atoms with Crippen LogP contribution in [0.2, 0.25) is 0 Å². The molecule has 1 unspecified atom stereocenters. The van der Waals surface area contributed by atoms with Crippen LogP contribution in [0.1, 0.15) is 11.8 Å². The van der Waals surface area contributed by atoms with E-state index in [1.165, 1.54) is 25.4 Å². The number of imide groups is 1. The molecule has 0 radical (unpaired) electrons. The van der Waals surface area contributed by atoms with Gasteiger partial charge in [0.05, 0.1) is 12.0 Å². The molecule has 2 heterocycles. The Morgan fingerprint density at radius 2 is 2.21 bits per heavy atom. The maximum atomic E-state index is 12.1. The molecule has 0 saturated carbocycles. The van der Waals surface area contributed by atoms with Gasteiger partial charge in [-0.05, 0) is 36.2 Å². The molecule has 0 spiro atoms. The SMILES string of the molecule is COC(=O)C(C)N1C(=O)S/C(=C/c2cccs2)C1=O.